The number of ether oxygens (including phenoxy) is 1. The Morgan fingerprint density at radius 1 is 1.09 bits per heavy atom. The van der Waals surface area contributed by atoms with E-state index >= 15 is 0 Å². The molecule has 162 valence electrons. The number of fused-ring (bicyclic) bond motifs is 2. The molecule has 8 nitrogen and oxygen atoms in total. The Labute approximate surface area is 188 Å². The molecule has 0 radical (unpaired) electrons. The number of hydrogen-bond acceptors (Lipinski definition) is 6. The molecule has 5 rings (SSSR count). The molecule has 2 heterocycles. The number of aromatic amines is 1. The van der Waals surface area contributed by atoms with Crippen molar-refractivity contribution in [1.29, 1.82) is 5.26 Å². The molecule has 3 N–H and O–H groups in total. The zero-order valence-corrected chi connectivity index (χ0v) is 18.1. The SMILES string of the molecule is COc1cc(-c2c(-c3ccc4c(=O)[nH]nc(CN)c4c3)cnn2C)c(C#N)c2ccccc12. The van der Waals surface area contributed by atoms with E-state index in [9.17, 15) is 10.1 Å². The van der Waals surface area contributed by atoms with Crippen LogP contribution in [0.2, 0.25) is 0 Å². The van der Waals surface area contributed by atoms with E-state index in [1.165, 1.54) is 0 Å². The Balaban J connectivity index is 1.82. The molecule has 0 aliphatic rings. The van der Waals surface area contributed by atoms with E-state index in [1.807, 2.05) is 49.5 Å². The first kappa shape index (κ1) is 20.4. The van der Waals surface area contributed by atoms with E-state index < -0.39 is 0 Å². The van der Waals surface area contributed by atoms with Crippen molar-refractivity contribution in [1.82, 2.24) is 20.0 Å². The van der Waals surface area contributed by atoms with Crippen LogP contribution in [-0.4, -0.2) is 27.1 Å². The van der Waals surface area contributed by atoms with E-state index in [0.717, 1.165) is 27.6 Å². The quantitative estimate of drug-likeness (QED) is 0.445. The lowest BCUT2D eigenvalue weighted by Gasteiger charge is -2.14. The topological polar surface area (TPSA) is 123 Å². The summed E-state index contributed by atoms with van der Waals surface area (Å²) in [7, 11) is 3.45. The monoisotopic (exact) mass is 436 g/mol. The summed E-state index contributed by atoms with van der Waals surface area (Å²) >= 11 is 0. The van der Waals surface area contributed by atoms with Crippen LogP contribution < -0.4 is 16.0 Å². The molecule has 0 fully saturated rings. The number of aryl methyl sites for hydroxylation is 1. The van der Waals surface area contributed by atoms with Crippen LogP contribution in [0.25, 0.3) is 43.9 Å². The predicted octanol–water partition coefficient (Wildman–Crippen LogP) is 3.48. The maximum atomic E-state index is 12.2. The van der Waals surface area contributed by atoms with Crippen LogP contribution in [0.15, 0.2) is 59.5 Å². The molecule has 0 spiro atoms. The summed E-state index contributed by atoms with van der Waals surface area (Å²) < 4.78 is 7.39. The van der Waals surface area contributed by atoms with Crippen LogP contribution in [0.3, 0.4) is 0 Å². The summed E-state index contributed by atoms with van der Waals surface area (Å²) in [6.45, 7) is 0.192. The third kappa shape index (κ3) is 3.14. The number of aromatic nitrogens is 4. The lowest BCUT2D eigenvalue weighted by Crippen LogP contribution is -2.13. The van der Waals surface area contributed by atoms with Crippen molar-refractivity contribution < 1.29 is 4.74 Å². The van der Waals surface area contributed by atoms with Gasteiger partial charge in [-0.2, -0.15) is 15.5 Å². The number of nitrogens with two attached hydrogens (primary N) is 1. The van der Waals surface area contributed by atoms with Crippen LogP contribution >= 0.6 is 0 Å². The fraction of sp³-hybridized carbons (Fsp3) is 0.120. The number of hydrogen-bond donors (Lipinski definition) is 2. The second-order valence-electron chi connectivity index (χ2n) is 7.65. The Morgan fingerprint density at radius 2 is 1.88 bits per heavy atom. The largest absolute Gasteiger partial charge is 0.496 e. The highest BCUT2D eigenvalue weighted by Crippen LogP contribution is 2.40. The maximum Gasteiger partial charge on any atom is 0.272 e. The summed E-state index contributed by atoms with van der Waals surface area (Å²) in [5, 5.41) is 24.0. The molecular weight excluding hydrogens is 416 g/mol. The van der Waals surface area contributed by atoms with Crippen molar-refractivity contribution in [3.63, 3.8) is 0 Å². The minimum absolute atomic E-state index is 0.192. The summed E-state index contributed by atoms with van der Waals surface area (Å²) in [4.78, 5) is 12.2. The summed E-state index contributed by atoms with van der Waals surface area (Å²) in [5.41, 5.74) is 9.85. The maximum absolute atomic E-state index is 12.2. The summed E-state index contributed by atoms with van der Waals surface area (Å²) in [6.07, 6.45) is 1.75. The highest BCUT2D eigenvalue weighted by molar-refractivity contribution is 6.00. The van der Waals surface area contributed by atoms with Crippen molar-refractivity contribution in [3.8, 4) is 34.2 Å². The molecule has 5 aromatic rings. The number of nitriles is 1. The highest BCUT2D eigenvalue weighted by atomic mass is 16.5. The van der Waals surface area contributed by atoms with E-state index in [0.29, 0.717) is 33.3 Å². The Kier molecular flexibility index (Phi) is 4.89. The molecular formula is C25H20N6O2. The van der Waals surface area contributed by atoms with Gasteiger partial charge in [0.05, 0.1) is 35.6 Å². The molecule has 2 aromatic heterocycles. The number of rotatable bonds is 4. The van der Waals surface area contributed by atoms with Gasteiger partial charge in [0.15, 0.2) is 0 Å². The molecule has 0 aliphatic heterocycles. The van der Waals surface area contributed by atoms with Gasteiger partial charge in [-0.3, -0.25) is 9.48 Å². The van der Waals surface area contributed by atoms with Gasteiger partial charge in [-0.1, -0.05) is 30.3 Å². The third-order valence-corrected chi connectivity index (χ3v) is 5.90. The van der Waals surface area contributed by atoms with Gasteiger partial charge in [0, 0.05) is 40.9 Å². The average molecular weight is 436 g/mol. The molecule has 0 atom stereocenters. The van der Waals surface area contributed by atoms with Crippen molar-refractivity contribution >= 4 is 21.5 Å². The molecule has 0 saturated heterocycles. The van der Waals surface area contributed by atoms with E-state index in [4.69, 9.17) is 10.5 Å². The van der Waals surface area contributed by atoms with Gasteiger partial charge in [-0.15, -0.1) is 0 Å². The average Bonchev–Trinajstić information content (AvgIpc) is 3.24. The minimum Gasteiger partial charge on any atom is -0.496 e. The number of benzene rings is 3. The normalized spacial score (nSPS) is 11.1. The van der Waals surface area contributed by atoms with Crippen molar-refractivity contribution in [3.05, 3.63) is 76.3 Å². The molecule has 33 heavy (non-hydrogen) atoms. The van der Waals surface area contributed by atoms with Gasteiger partial charge in [-0.05, 0) is 23.8 Å². The molecule has 0 unspecified atom stereocenters. The van der Waals surface area contributed by atoms with Crippen LogP contribution in [0.5, 0.6) is 5.75 Å². The van der Waals surface area contributed by atoms with Crippen LogP contribution in [0.4, 0.5) is 0 Å². The van der Waals surface area contributed by atoms with Crippen molar-refractivity contribution in [2.45, 2.75) is 6.54 Å². The molecule has 0 saturated carbocycles. The van der Waals surface area contributed by atoms with Crippen molar-refractivity contribution in [2.75, 3.05) is 7.11 Å². The summed E-state index contributed by atoms with van der Waals surface area (Å²) in [5.74, 6) is 0.673. The van der Waals surface area contributed by atoms with Gasteiger partial charge in [0.25, 0.3) is 5.56 Å². The van der Waals surface area contributed by atoms with Gasteiger partial charge in [-0.25, -0.2) is 5.10 Å². The van der Waals surface area contributed by atoms with Gasteiger partial charge in [0.1, 0.15) is 11.8 Å². The van der Waals surface area contributed by atoms with E-state index in [-0.39, 0.29) is 12.1 Å². The molecule has 8 heteroatoms. The van der Waals surface area contributed by atoms with E-state index in [1.54, 1.807) is 24.1 Å². The highest BCUT2D eigenvalue weighted by Gasteiger charge is 2.21. The Bertz CT molecular complexity index is 1640. The summed E-state index contributed by atoms with van der Waals surface area (Å²) in [6, 6.07) is 17.4. The van der Waals surface area contributed by atoms with E-state index in [2.05, 4.69) is 21.4 Å². The molecule has 0 amide bonds. The first-order valence-electron chi connectivity index (χ1n) is 10.3. The fourth-order valence-corrected chi connectivity index (χ4v) is 4.33. The Hall–Kier alpha value is -4.48. The zero-order chi connectivity index (χ0) is 23.1. The van der Waals surface area contributed by atoms with Crippen molar-refractivity contribution in [2.24, 2.45) is 12.8 Å². The first-order chi connectivity index (χ1) is 16.1. The second kappa shape index (κ2) is 7.89. The molecule has 0 bridgehead atoms. The second-order valence-corrected chi connectivity index (χ2v) is 7.65. The lowest BCUT2D eigenvalue weighted by molar-refractivity contribution is 0.420. The van der Waals surface area contributed by atoms with Gasteiger partial charge >= 0.3 is 0 Å². The zero-order valence-electron chi connectivity index (χ0n) is 18.1. The first-order valence-corrected chi connectivity index (χ1v) is 10.3. The van der Waals surface area contributed by atoms with Gasteiger partial charge in [0.2, 0.25) is 0 Å². The third-order valence-electron chi connectivity index (χ3n) is 5.90. The number of nitrogens with one attached hydrogen (secondary N) is 1. The molecule has 3 aromatic carbocycles. The number of nitrogens with zero attached hydrogens (tertiary/aromatic N) is 4. The standard InChI is InChI=1S/C25H20N6O2/c1-31-24(19-10-23(33-2)16-6-4-3-5-15(16)20(19)11-26)21(13-28-31)14-7-8-17-18(9-14)22(12-27)29-30-25(17)32/h3-10,13H,12,27H2,1-2H3,(H,30,32). The van der Waals surface area contributed by atoms with Gasteiger partial charge < -0.3 is 10.5 Å². The van der Waals surface area contributed by atoms with Crippen LogP contribution in [0, 0.1) is 11.3 Å². The smallest absolute Gasteiger partial charge is 0.272 e. The minimum atomic E-state index is -0.272. The lowest BCUT2D eigenvalue weighted by atomic mass is 9.93. The number of H-pyrrole nitrogens is 1. The Morgan fingerprint density at radius 3 is 2.61 bits per heavy atom. The molecule has 0 aliphatic carbocycles. The number of methoxy groups -OCH3 is 1. The predicted molar refractivity (Wildman–Crippen MR) is 127 cm³/mol. The van der Waals surface area contributed by atoms with Crippen LogP contribution in [-0.2, 0) is 13.6 Å². The van der Waals surface area contributed by atoms with Crippen LogP contribution in [0.1, 0.15) is 11.3 Å². The fourth-order valence-electron chi connectivity index (χ4n) is 4.33.